The Bertz CT molecular complexity index is 474. The molecule has 0 saturated carbocycles. The lowest BCUT2D eigenvalue weighted by Crippen LogP contribution is -2.10. The van der Waals surface area contributed by atoms with E-state index in [2.05, 4.69) is 10.2 Å². The largest absolute Gasteiger partial charge is 0.384 e. The molecule has 0 aliphatic heterocycles. The third-order valence-electron chi connectivity index (χ3n) is 1.81. The minimum Gasteiger partial charge on any atom is -0.384 e. The second-order valence-corrected chi connectivity index (χ2v) is 3.11. The molecule has 0 fully saturated rings. The van der Waals surface area contributed by atoms with E-state index in [1.54, 1.807) is 18.3 Å². The van der Waals surface area contributed by atoms with Crippen LogP contribution in [0, 0.1) is 5.41 Å². The average Bonchev–Trinajstić information content (AvgIpc) is 2.51. The topological polar surface area (TPSA) is 78.5 Å². The van der Waals surface area contributed by atoms with Gasteiger partial charge in [-0.15, -0.1) is 0 Å². The van der Waals surface area contributed by atoms with Gasteiger partial charge in [0.2, 0.25) is 0 Å². The van der Waals surface area contributed by atoms with Crippen LogP contribution in [-0.2, 0) is 0 Å². The number of halogens is 1. The van der Waals surface area contributed by atoms with Crippen molar-refractivity contribution in [2.24, 2.45) is 5.73 Å². The van der Waals surface area contributed by atoms with Gasteiger partial charge in [-0.05, 0) is 12.1 Å². The number of aromatic nitrogens is 2. The van der Waals surface area contributed by atoms with E-state index >= 15 is 0 Å². The third kappa shape index (κ3) is 1.25. The molecule has 0 aliphatic carbocycles. The quantitative estimate of drug-likeness (QED) is 0.475. The Morgan fingerprint density at radius 2 is 2.31 bits per heavy atom. The van der Waals surface area contributed by atoms with E-state index in [-0.39, 0.29) is 5.84 Å². The normalized spacial score (nSPS) is 10.5. The molecule has 1 aromatic heterocycles. The zero-order valence-corrected chi connectivity index (χ0v) is 7.39. The first kappa shape index (κ1) is 8.07. The Labute approximate surface area is 79.2 Å². The van der Waals surface area contributed by atoms with Crippen molar-refractivity contribution in [3.63, 3.8) is 0 Å². The van der Waals surface area contributed by atoms with Crippen LogP contribution in [0.5, 0.6) is 0 Å². The first-order chi connectivity index (χ1) is 6.18. The molecule has 0 bridgehead atoms. The predicted octanol–water partition coefficient (Wildman–Crippen LogP) is 1.50. The van der Waals surface area contributed by atoms with E-state index in [1.807, 2.05) is 0 Å². The molecule has 0 spiro atoms. The molecular formula is C8H7ClN4. The van der Waals surface area contributed by atoms with Crippen LogP contribution in [0.4, 0.5) is 0 Å². The molecule has 66 valence electrons. The summed E-state index contributed by atoms with van der Waals surface area (Å²) in [5, 5.41) is 15.2. The van der Waals surface area contributed by atoms with Gasteiger partial charge in [0.25, 0.3) is 0 Å². The second kappa shape index (κ2) is 2.74. The first-order valence-electron chi connectivity index (χ1n) is 3.65. The summed E-state index contributed by atoms with van der Waals surface area (Å²) in [6.45, 7) is 0. The maximum absolute atomic E-state index is 7.25. The van der Waals surface area contributed by atoms with E-state index in [0.29, 0.717) is 10.6 Å². The van der Waals surface area contributed by atoms with Crippen molar-refractivity contribution in [3.05, 3.63) is 28.9 Å². The van der Waals surface area contributed by atoms with E-state index in [4.69, 9.17) is 22.7 Å². The number of nitrogen functional groups attached to an aromatic ring is 1. The van der Waals surface area contributed by atoms with Crippen molar-refractivity contribution in [1.29, 1.82) is 5.41 Å². The van der Waals surface area contributed by atoms with Gasteiger partial charge in [0.05, 0.1) is 16.7 Å². The predicted molar refractivity (Wildman–Crippen MR) is 52.1 cm³/mol. The highest BCUT2D eigenvalue weighted by Gasteiger charge is 2.05. The number of fused-ring (bicyclic) bond motifs is 1. The highest BCUT2D eigenvalue weighted by molar-refractivity contribution is 6.35. The number of hydrogen-bond donors (Lipinski definition) is 3. The highest BCUT2D eigenvalue weighted by Crippen LogP contribution is 2.22. The average molecular weight is 195 g/mol. The van der Waals surface area contributed by atoms with Crippen LogP contribution in [0.1, 0.15) is 5.56 Å². The molecule has 4 nitrogen and oxygen atoms in total. The molecule has 0 saturated heterocycles. The van der Waals surface area contributed by atoms with Gasteiger partial charge in [-0.3, -0.25) is 10.5 Å². The lowest BCUT2D eigenvalue weighted by Gasteiger charge is -1.99. The molecule has 0 unspecified atom stereocenters. The number of nitrogens with one attached hydrogen (secondary N) is 2. The Kier molecular flexibility index (Phi) is 1.70. The first-order valence-corrected chi connectivity index (χ1v) is 4.03. The summed E-state index contributed by atoms with van der Waals surface area (Å²) in [7, 11) is 0. The molecule has 2 rings (SSSR count). The van der Waals surface area contributed by atoms with Gasteiger partial charge in [0, 0.05) is 10.9 Å². The summed E-state index contributed by atoms with van der Waals surface area (Å²) in [6.07, 6.45) is 1.65. The summed E-state index contributed by atoms with van der Waals surface area (Å²) in [5.41, 5.74) is 6.72. The van der Waals surface area contributed by atoms with Gasteiger partial charge >= 0.3 is 0 Å². The van der Waals surface area contributed by atoms with E-state index in [0.717, 1.165) is 10.9 Å². The maximum atomic E-state index is 7.25. The minimum atomic E-state index is 0.00463. The van der Waals surface area contributed by atoms with Gasteiger partial charge in [-0.1, -0.05) is 11.6 Å². The Morgan fingerprint density at radius 3 is 3.00 bits per heavy atom. The summed E-state index contributed by atoms with van der Waals surface area (Å²) in [5.74, 6) is 0.00463. The van der Waals surface area contributed by atoms with Crippen LogP contribution in [0.25, 0.3) is 10.9 Å². The molecule has 5 heteroatoms. The number of rotatable bonds is 1. The van der Waals surface area contributed by atoms with Crippen LogP contribution in [0.15, 0.2) is 18.3 Å². The van der Waals surface area contributed by atoms with Crippen LogP contribution < -0.4 is 5.73 Å². The Hall–Kier alpha value is -1.55. The molecule has 2 aromatic rings. The van der Waals surface area contributed by atoms with Crippen LogP contribution >= 0.6 is 11.6 Å². The number of nitrogens with zero attached hydrogens (tertiary/aromatic N) is 1. The number of nitrogens with two attached hydrogens (primary N) is 1. The lowest BCUT2D eigenvalue weighted by molar-refractivity contribution is 1.12. The maximum Gasteiger partial charge on any atom is 0.122 e. The summed E-state index contributed by atoms with van der Waals surface area (Å²) in [6, 6.07) is 3.41. The summed E-state index contributed by atoms with van der Waals surface area (Å²) < 4.78 is 0. The second-order valence-electron chi connectivity index (χ2n) is 2.71. The van der Waals surface area contributed by atoms with Crippen LogP contribution in [0.3, 0.4) is 0 Å². The summed E-state index contributed by atoms with van der Waals surface area (Å²) >= 11 is 5.92. The molecule has 0 amide bonds. The van der Waals surface area contributed by atoms with Gasteiger partial charge < -0.3 is 5.73 Å². The van der Waals surface area contributed by atoms with Crippen molar-refractivity contribution in [2.75, 3.05) is 0 Å². The number of H-pyrrole nitrogens is 1. The minimum absolute atomic E-state index is 0.00463. The smallest absolute Gasteiger partial charge is 0.122 e. The summed E-state index contributed by atoms with van der Waals surface area (Å²) in [4.78, 5) is 0. The zero-order valence-electron chi connectivity index (χ0n) is 6.63. The van der Waals surface area contributed by atoms with Crippen LogP contribution in [0.2, 0.25) is 5.02 Å². The van der Waals surface area contributed by atoms with Gasteiger partial charge in [-0.2, -0.15) is 5.10 Å². The molecule has 0 atom stereocenters. The Balaban J connectivity index is 2.77. The van der Waals surface area contributed by atoms with Gasteiger partial charge in [0.1, 0.15) is 5.84 Å². The van der Waals surface area contributed by atoms with Gasteiger partial charge in [-0.25, -0.2) is 0 Å². The molecule has 13 heavy (non-hydrogen) atoms. The van der Waals surface area contributed by atoms with Crippen molar-refractivity contribution in [2.45, 2.75) is 0 Å². The van der Waals surface area contributed by atoms with Crippen molar-refractivity contribution < 1.29 is 0 Å². The van der Waals surface area contributed by atoms with Crippen molar-refractivity contribution in [3.8, 4) is 0 Å². The fraction of sp³-hybridized carbons (Fsp3) is 0. The molecule has 1 aromatic carbocycles. The SMILES string of the molecule is N=C(N)c1cc(Cl)c2[nH]ncc2c1. The fourth-order valence-corrected chi connectivity index (χ4v) is 1.44. The van der Waals surface area contributed by atoms with E-state index < -0.39 is 0 Å². The number of aromatic amines is 1. The van der Waals surface area contributed by atoms with Crippen LogP contribution in [-0.4, -0.2) is 16.0 Å². The third-order valence-corrected chi connectivity index (χ3v) is 2.11. The number of amidine groups is 1. The Morgan fingerprint density at radius 1 is 1.54 bits per heavy atom. The van der Waals surface area contributed by atoms with E-state index in [9.17, 15) is 0 Å². The fourth-order valence-electron chi connectivity index (χ4n) is 1.17. The number of hydrogen-bond acceptors (Lipinski definition) is 2. The standard InChI is InChI=1S/C8H7ClN4/c9-6-2-4(8(10)11)1-5-3-12-13-7(5)6/h1-3H,(H3,10,11)(H,12,13). The molecule has 4 N–H and O–H groups in total. The number of benzene rings is 1. The highest BCUT2D eigenvalue weighted by atomic mass is 35.5. The monoisotopic (exact) mass is 194 g/mol. The lowest BCUT2D eigenvalue weighted by atomic mass is 10.1. The van der Waals surface area contributed by atoms with Crippen molar-refractivity contribution >= 4 is 28.3 Å². The van der Waals surface area contributed by atoms with Gasteiger partial charge in [0.15, 0.2) is 0 Å². The molecule has 0 aliphatic rings. The molecule has 0 radical (unpaired) electrons. The zero-order chi connectivity index (χ0) is 9.42. The molecule has 1 heterocycles. The van der Waals surface area contributed by atoms with Crippen molar-refractivity contribution in [1.82, 2.24) is 10.2 Å². The van der Waals surface area contributed by atoms with E-state index in [1.165, 1.54) is 0 Å². The molecular weight excluding hydrogens is 188 g/mol.